The number of unbranched alkanes of at least 4 members (excludes halogenated alkanes) is 1. The molecule has 0 spiro atoms. The van der Waals surface area contributed by atoms with Crippen LogP contribution in [-0.2, 0) is 11.3 Å². The van der Waals surface area contributed by atoms with Gasteiger partial charge in [0.05, 0.1) is 0 Å². The van der Waals surface area contributed by atoms with E-state index in [1.165, 1.54) is 0 Å². The topological polar surface area (TPSA) is 87.0 Å². The monoisotopic (exact) mass is 274 g/mol. The second kappa shape index (κ2) is 5.76. The van der Waals surface area contributed by atoms with E-state index in [1.807, 2.05) is 13.0 Å². The molecule has 0 heterocycles. The first-order valence-electron chi connectivity index (χ1n) is 5.81. The van der Waals surface area contributed by atoms with E-state index in [4.69, 9.17) is 4.74 Å². The Labute approximate surface area is 106 Å². The third kappa shape index (κ3) is 4.35. The molecule has 0 aliphatic heterocycles. The van der Waals surface area contributed by atoms with Crippen LogP contribution in [0.25, 0.3) is 0 Å². The van der Waals surface area contributed by atoms with Crippen molar-refractivity contribution in [2.24, 2.45) is 0 Å². The van der Waals surface area contributed by atoms with Crippen LogP contribution in [0.4, 0.5) is 4.79 Å². The Balaban J connectivity index is 2.59. The van der Waals surface area contributed by atoms with Crippen molar-refractivity contribution < 1.29 is 24.2 Å². The van der Waals surface area contributed by atoms with Gasteiger partial charge in [-0.25, -0.2) is 0 Å². The van der Waals surface area contributed by atoms with Gasteiger partial charge in [0.2, 0.25) is 0 Å². The van der Waals surface area contributed by atoms with Gasteiger partial charge in [-0.05, 0) is 0 Å². The summed E-state index contributed by atoms with van der Waals surface area (Å²) < 4.78 is 4.76. The molecule has 18 heavy (non-hydrogen) atoms. The van der Waals surface area contributed by atoms with Crippen molar-refractivity contribution in [3.05, 3.63) is 35.9 Å². The van der Waals surface area contributed by atoms with E-state index < -0.39 is 13.0 Å². The van der Waals surface area contributed by atoms with Crippen molar-refractivity contribution >= 4 is 13.0 Å². The number of hydrogen-bond acceptors (Lipinski definition) is 5. The Morgan fingerprint density at radius 1 is 1.22 bits per heavy atom. The third-order valence-corrected chi connectivity index (χ3v) is 4.52. The van der Waals surface area contributed by atoms with E-state index in [-0.39, 0.29) is 12.8 Å². The molecule has 3 N–H and O–H groups in total. The molecule has 5 nitrogen and oxygen atoms in total. The van der Waals surface area contributed by atoms with Crippen LogP contribution in [0.3, 0.4) is 0 Å². The van der Waals surface area contributed by atoms with Crippen molar-refractivity contribution in [3.8, 4) is 0 Å². The fourth-order valence-corrected chi connectivity index (χ4v) is 2.80. The number of carbonyl (C=O) groups excluding carboxylic acids is 1. The number of benzene rings is 1. The molecule has 0 unspecified atom stereocenters. The van der Waals surface area contributed by atoms with Crippen LogP contribution in [0.15, 0.2) is 30.3 Å². The second-order valence-electron chi connectivity index (χ2n) is 4.27. The summed E-state index contributed by atoms with van der Waals surface area (Å²) in [7, 11) is -5.31. The number of hydrogen-bond donors (Lipinski definition) is 3. The Bertz CT molecular complexity index is 396. The minimum atomic E-state index is -5.31. The Morgan fingerprint density at radius 2 is 1.83 bits per heavy atom. The van der Waals surface area contributed by atoms with E-state index in [2.05, 4.69) is 0 Å². The van der Waals surface area contributed by atoms with Crippen LogP contribution in [-0.4, -0.2) is 26.6 Å². The molecule has 0 radical (unpaired) electrons. The fourth-order valence-electron chi connectivity index (χ4n) is 1.39. The molecule has 0 bridgehead atoms. The van der Waals surface area contributed by atoms with Gasteiger partial charge in [0.15, 0.2) is 0 Å². The van der Waals surface area contributed by atoms with Gasteiger partial charge in [0, 0.05) is 0 Å². The van der Waals surface area contributed by atoms with E-state index in [0.29, 0.717) is 18.4 Å². The Hall–Kier alpha value is -1.00. The average molecular weight is 274 g/mol. The zero-order chi connectivity index (χ0) is 13.7. The minimum absolute atomic E-state index is 0.0919. The quantitative estimate of drug-likeness (QED) is 0.693. The summed E-state index contributed by atoms with van der Waals surface area (Å²) in [5.41, 5.74) is -0.605. The molecule has 0 aromatic heterocycles. The van der Waals surface area contributed by atoms with Crippen LogP contribution < -0.4 is 0 Å². The molecule has 0 aliphatic carbocycles. The first-order chi connectivity index (χ1) is 8.33. The first kappa shape index (κ1) is 15.1. The molecule has 0 amide bonds. The van der Waals surface area contributed by atoms with Crippen molar-refractivity contribution in [2.45, 2.75) is 26.4 Å². The van der Waals surface area contributed by atoms with Crippen LogP contribution in [0.2, 0.25) is 0 Å². The van der Waals surface area contributed by atoms with Gasteiger partial charge in [-0.15, -0.1) is 0 Å². The zero-order valence-corrected chi connectivity index (χ0v) is 11.2. The summed E-state index contributed by atoms with van der Waals surface area (Å²) in [6.45, 7) is 1.73. The van der Waals surface area contributed by atoms with Crippen LogP contribution >= 0.6 is 7.28 Å². The first-order valence-corrected chi connectivity index (χ1v) is 8.09. The number of carbonyl (C=O) groups is 1. The maximum absolute atomic E-state index is 11.6. The van der Waals surface area contributed by atoms with E-state index in [1.54, 1.807) is 24.3 Å². The summed E-state index contributed by atoms with van der Waals surface area (Å²) in [6.07, 6.45) is 0.642. The van der Waals surface area contributed by atoms with Crippen LogP contribution in [0, 0.1) is 0 Å². The molecule has 0 fully saturated rings. The molecular formula is C12H19O5P. The van der Waals surface area contributed by atoms with Crippen molar-refractivity contribution in [1.82, 2.24) is 0 Å². The predicted octanol–water partition coefficient (Wildman–Crippen LogP) is 2.40. The zero-order valence-electron chi connectivity index (χ0n) is 10.3. The van der Waals surface area contributed by atoms with E-state index in [0.717, 1.165) is 0 Å². The molecule has 1 aromatic rings. The van der Waals surface area contributed by atoms with Crippen molar-refractivity contribution in [1.29, 1.82) is 0 Å². The van der Waals surface area contributed by atoms with Gasteiger partial charge in [0.1, 0.15) is 0 Å². The van der Waals surface area contributed by atoms with Crippen molar-refractivity contribution in [2.75, 3.05) is 6.16 Å². The molecule has 6 heteroatoms. The van der Waals surface area contributed by atoms with Gasteiger partial charge in [-0.2, -0.15) is 0 Å². The Kier molecular flexibility index (Phi) is 4.82. The second-order valence-corrected chi connectivity index (χ2v) is 7.38. The summed E-state index contributed by atoms with van der Waals surface area (Å²) >= 11 is 0. The van der Waals surface area contributed by atoms with Crippen LogP contribution in [0.5, 0.6) is 0 Å². The molecule has 0 aliphatic rings. The standard InChI is InChI=1S/C12H19O5P/c1-2-3-9-18(14,15,16)12(13)17-10-11-7-5-4-6-8-11/h4-8,14-16H,2-3,9-10H2,1H3. The molecule has 0 saturated carbocycles. The average Bonchev–Trinajstić information content (AvgIpc) is 2.34. The molecule has 0 atom stereocenters. The molecule has 102 valence electrons. The van der Waals surface area contributed by atoms with Gasteiger partial charge in [-0.1, -0.05) is 0 Å². The number of ether oxygens (including phenoxy) is 1. The summed E-state index contributed by atoms with van der Waals surface area (Å²) in [5, 5.41) is 0. The molecule has 0 saturated heterocycles. The van der Waals surface area contributed by atoms with E-state index >= 15 is 0 Å². The fraction of sp³-hybridized carbons (Fsp3) is 0.417. The molecule has 1 rings (SSSR count). The summed E-state index contributed by atoms with van der Waals surface area (Å²) in [4.78, 5) is 40.4. The number of rotatable bonds is 6. The van der Waals surface area contributed by atoms with Gasteiger partial charge < -0.3 is 0 Å². The van der Waals surface area contributed by atoms with Gasteiger partial charge in [-0.3, -0.25) is 0 Å². The summed E-state index contributed by atoms with van der Waals surface area (Å²) in [6, 6.07) is 8.84. The van der Waals surface area contributed by atoms with Gasteiger partial charge >= 0.3 is 106 Å². The van der Waals surface area contributed by atoms with E-state index in [9.17, 15) is 19.5 Å². The predicted molar refractivity (Wildman–Crippen MR) is 70.0 cm³/mol. The maximum atomic E-state index is 11.6. The van der Waals surface area contributed by atoms with Crippen molar-refractivity contribution in [3.63, 3.8) is 0 Å². The SMILES string of the molecule is CCCCP(O)(O)(O)C(=O)OCc1ccccc1. The Morgan fingerprint density at radius 3 is 2.39 bits per heavy atom. The molecule has 1 aromatic carbocycles. The summed E-state index contributed by atoms with van der Waals surface area (Å²) in [5.74, 6) is 0. The van der Waals surface area contributed by atoms with Crippen LogP contribution in [0.1, 0.15) is 25.3 Å². The van der Waals surface area contributed by atoms with Gasteiger partial charge in [0.25, 0.3) is 0 Å². The normalized spacial score (nSPS) is 13.7. The third-order valence-electron chi connectivity index (χ3n) is 2.50. The molecular weight excluding hydrogens is 255 g/mol.